The average Bonchev–Trinajstić information content (AvgIpc) is 3.31. The van der Waals surface area contributed by atoms with Crippen molar-refractivity contribution in [1.82, 2.24) is 5.32 Å². The van der Waals surface area contributed by atoms with Crippen LogP contribution < -0.4 is 20.1 Å². The van der Waals surface area contributed by atoms with Crippen LogP contribution >= 0.6 is 12.2 Å². The molecule has 0 spiro atoms. The van der Waals surface area contributed by atoms with Gasteiger partial charge in [0, 0.05) is 16.6 Å². The maximum atomic E-state index is 12.5. The minimum absolute atomic E-state index is 0.172. The molecule has 0 atom stereocenters. The average molecular weight is 376 g/mol. The van der Waals surface area contributed by atoms with Crippen LogP contribution in [0.5, 0.6) is 11.5 Å². The van der Waals surface area contributed by atoms with Gasteiger partial charge < -0.3 is 14.8 Å². The summed E-state index contributed by atoms with van der Waals surface area (Å²) in [5.41, 5.74) is 4.08. The third kappa shape index (κ3) is 2.78. The Balaban J connectivity index is 1.36. The number of nitrogens with one attached hydrogen (secondary N) is 2. The van der Waals surface area contributed by atoms with Gasteiger partial charge in [-0.15, -0.1) is 0 Å². The number of anilines is 1. The van der Waals surface area contributed by atoms with Gasteiger partial charge in [0.1, 0.15) is 0 Å². The number of carbonyl (C=O) groups is 1. The molecule has 3 aromatic rings. The second kappa shape index (κ2) is 6.25. The lowest BCUT2D eigenvalue weighted by Gasteiger charge is -2.13. The summed E-state index contributed by atoms with van der Waals surface area (Å²) in [7, 11) is 0. The number of hydrogen-bond acceptors (Lipinski definition) is 4. The van der Waals surface area contributed by atoms with Gasteiger partial charge in [0.15, 0.2) is 16.6 Å². The summed E-state index contributed by atoms with van der Waals surface area (Å²) < 4.78 is 10.6. The topological polar surface area (TPSA) is 59.6 Å². The maximum absolute atomic E-state index is 12.5. The molecule has 2 N–H and O–H groups in total. The summed E-state index contributed by atoms with van der Waals surface area (Å²) in [6, 6.07) is 15.5. The van der Waals surface area contributed by atoms with E-state index in [0.717, 1.165) is 23.9 Å². The van der Waals surface area contributed by atoms with Crippen molar-refractivity contribution in [1.29, 1.82) is 0 Å². The predicted molar refractivity (Wildman–Crippen MR) is 108 cm³/mol. The number of rotatable bonds is 2. The number of hydrogen-bond donors (Lipinski definition) is 2. The van der Waals surface area contributed by atoms with Crippen LogP contribution in [0.15, 0.2) is 48.5 Å². The summed E-state index contributed by atoms with van der Waals surface area (Å²) in [6.07, 6.45) is 2.14. The van der Waals surface area contributed by atoms with E-state index < -0.39 is 0 Å². The Morgan fingerprint density at radius 2 is 1.78 bits per heavy atom. The maximum Gasteiger partial charge on any atom is 0.257 e. The van der Waals surface area contributed by atoms with E-state index in [1.807, 2.05) is 6.07 Å². The summed E-state index contributed by atoms with van der Waals surface area (Å²) >= 11 is 5.36. The number of ether oxygens (including phenoxy) is 2. The first-order chi connectivity index (χ1) is 13.2. The van der Waals surface area contributed by atoms with E-state index in [1.54, 1.807) is 18.2 Å². The quantitative estimate of drug-likeness (QED) is 0.667. The molecule has 1 aliphatic heterocycles. The molecular weight excluding hydrogens is 360 g/mol. The molecule has 3 aromatic carbocycles. The van der Waals surface area contributed by atoms with Gasteiger partial charge >= 0.3 is 0 Å². The molecule has 134 valence electrons. The van der Waals surface area contributed by atoms with Gasteiger partial charge in [-0.25, -0.2) is 0 Å². The minimum Gasteiger partial charge on any atom is -0.454 e. The molecule has 0 aromatic heterocycles. The van der Waals surface area contributed by atoms with Crippen LogP contribution in [0.1, 0.15) is 21.5 Å². The van der Waals surface area contributed by atoms with Crippen molar-refractivity contribution >= 4 is 39.7 Å². The van der Waals surface area contributed by atoms with E-state index >= 15 is 0 Å². The number of benzene rings is 3. The van der Waals surface area contributed by atoms with Crippen molar-refractivity contribution in [3.63, 3.8) is 0 Å². The second-order valence-corrected chi connectivity index (χ2v) is 7.00. The zero-order chi connectivity index (χ0) is 18.4. The van der Waals surface area contributed by atoms with Crippen LogP contribution in [-0.2, 0) is 12.8 Å². The zero-order valence-electron chi connectivity index (χ0n) is 14.4. The monoisotopic (exact) mass is 376 g/mol. The summed E-state index contributed by atoms with van der Waals surface area (Å²) in [4.78, 5) is 12.5. The van der Waals surface area contributed by atoms with Crippen LogP contribution in [0, 0.1) is 0 Å². The lowest BCUT2D eigenvalue weighted by atomic mass is 10.0. The van der Waals surface area contributed by atoms with Crippen molar-refractivity contribution in [3.05, 3.63) is 65.2 Å². The highest BCUT2D eigenvalue weighted by Gasteiger charge is 2.18. The van der Waals surface area contributed by atoms with Crippen LogP contribution in [0.2, 0.25) is 0 Å². The summed E-state index contributed by atoms with van der Waals surface area (Å²) in [5, 5.41) is 8.58. The molecule has 5 rings (SSSR count). The molecule has 1 amide bonds. The largest absolute Gasteiger partial charge is 0.454 e. The highest BCUT2D eigenvalue weighted by Crippen LogP contribution is 2.35. The standard InChI is InChI=1S/C21H16N2O3S/c24-20(14-7-9-17-18(10-14)26-11-25-17)23-21(27)22-16-8-6-13-5-4-12-2-1-3-15(16)19(12)13/h1-3,6-10H,4-5,11H2,(H2,22,23,24,27). The summed E-state index contributed by atoms with van der Waals surface area (Å²) in [5.74, 6) is 0.908. The fourth-order valence-corrected chi connectivity index (χ4v) is 3.93. The van der Waals surface area contributed by atoms with E-state index in [-0.39, 0.29) is 17.8 Å². The SMILES string of the molecule is O=C(NC(=S)Nc1ccc2c3c(cccc13)CC2)c1ccc2c(c1)OCO2. The lowest BCUT2D eigenvalue weighted by Crippen LogP contribution is -2.34. The second-order valence-electron chi connectivity index (χ2n) is 6.59. The molecule has 0 bridgehead atoms. The van der Waals surface area contributed by atoms with E-state index in [4.69, 9.17) is 21.7 Å². The number of thiocarbonyl (C=S) groups is 1. The van der Waals surface area contributed by atoms with Crippen molar-refractivity contribution in [2.75, 3.05) is 12.1 Å². The molecular formula is C21H16N2O3S. The van der Waals surface area contributed by atoms with E-state index in [2.05, 4.69) is 34.9 Å². The van der Waals surface area contributed by atoms with Crippen molar-refractivity contribution in [3.8, 4) is 11.5 Å². The first kappa shape index (κ1) is 16.1. The highest BCUT2D eigenvalue weighted by atomic mass is 32.1. The van der Waals surface area contributed by atoms with E-state index in [0.29, 0.717) is 17.1 Å². The third-order valence-electron chi connectivity index (χ3n) is 4.99. The van der Waals surface area contributed by atoms with Gasteiger partial charge in [-0.1, -0.05) is 24.3 Å². The first-order valence-corrected chi connectivity index (χ1v) is 9.15. The molecule has 1 heterocycles. The molecule has 0 saturated carbocycles. The van der Waals surface area contributed by atoms with Gasteiger partial charge in [0.25, 0.3) is 5.91 Å². The normalized spacial score (nSPS) is 13.6. The Bertz CT molecular complexity index is 1100. The molecule has 2 aliphatic rings. The van der Waals surface area contributed by atoms with Crippen LogP contribution in [-0.4, -0.2) is 17.8 Å². The highest BCUT2D eigenvalue weighted by molar-refractivity contribution is 7.80. The number of carbonyl (C=O) groups excluding carboxylic acids is 1. The number of fused-ring (bicyclic) bond motifs is 1. The number of amides is 1. The van der Waals surface area contributed by atoms with Gasteiger partial charge in [0.05, 0.1) is 0 Å². The fourth-order valence-electron chi connectivity index (χ4n) is 3.72. The van der Waals surface area contributed by atoms with Gasteiger partial charge in [0.2, 0.25) is 6.79 Å². The van der Waals surface area contributed by atoms with E-state index in [1.165, 1.54) is 16.5 Å². The molecule has 0 saturated heterocycles. The molecule has 0 unspecified atom stereocenters. The van der Waals surface area contributed by atoms with Crippen molar-refractivity contribution in [2.24, 2.45) is 0 Å². The Morgan fingerprint density at radius 1 is 0.963 bits per heavy atom. The molecule has 6 heteroatoms. The van der Waals surface area contributed by atoms with Crippen LogP contribution in [0.25, 0.3) is 10.8 Å². The van der Waals surface area contributed by atoms with Gasteiger partial charge in [-0.2, -0.15) is 0 Å². The smallest absolute Gasteiger partial charge is 0.257 e. The molecule has 0 fully saturated rings. The Morgan fingerprint density at radius 3 is 2.67 bits per heavy atom. The van der Waals surface area contributed by atoms with Gasteiger partial charge in [-0.05, 0) is 65.8 Å². The molecule has 5 nitrogen and oxygen atoms in total. The Hall–Kier alpha value is -3.12. The molecule has 27 heavy (non-hydrogen) atoms. The van der Waals surface area contributed by atoms with Crippen molar-refractivity contribution in [2.45, 2.75) is 12.8 Å². The van der Waals surface area contributed by atoms with Crippen molar-refractivity contribution < 1.29 is 14.3 Å². The molecule has 0 radical (unpaired) electrons. The van der Waals surface area contributed by atoms with Crippen LogP contribution in [0.3, 0.4) is 0 Å². The lowest BCUT2D eigenvalue weighted by molar-refractivity contribution is 0.0977. The summed E-state index contributed by atoms with van der Waals surface area (Å²) in [6.45, 7) is 0.172. The third-order valence-corrected chi connectivity index (χ3v) is 5.19. The molecule has 1 aliphatic carbocycles. The minimum atomic E-state index is -0.295. The Labute approximate surface area is 161 Å². The Kier molecular flexibility index (Phi) is 3.72. The van der Waals surface area contributed by atoms with Gasteiger partial charge in [-0.3, -0.25) is 10.1 Å². The van der Waals surface area contributed by atoms with Crippen LogP contribution in [0.4, 0.5) is 5.69 Å². The van der Waals surface area contributed by atoms with E-state index in [9.17, 15) is 4.79 Å². The fraction of sp³-hybridized carbons (Fsp3) is 0.143. The predicted octanol–water partition coefficient (Wildman–Crippen LogP) is 3.79. The first-order valence-electron chi connectivity index (χ1n) is 8.74. The zero-order valence-corrected chi connectivity index (χ0v) is 15.2. The number of aryl methyl sites for hydroxylation is 2.